The summed E-state index contributed by atoms with van der Waals surface area (Å²) in [6, 6.07) is 15.4. The predicted octanol–water partition coefficient (Wildman–Crippen LogP) is 4.53. The molecule has 2 aromatic carbocycles. The minimum atomic E-state index is -0.178. The summed E-state index contributed by atoms with van der Waals surface area (Å²) in [5.74, 6) is -0.216. The molecule has 2 amide bonds. The Morgan fingerprint density at radius 1 is 1.00 bits per heavy atom. The molecule has 27 heavy (non-hydrogen) atoms. The number of hydrogen-bond acceptors (Lipinski definition) is 2. The fourth-order valence-corrected chi connectivity index (χ4v) is 2.83. The predicted molar refractivity (Wildman–Crippen MR) is 110 cm³/mol. The molecular formula is C23H26N2O2. The van der Waals surface area contributed by atoms with E-state index >= 15 is 0 Å². The normalized spacial score (nSPS) is 14.2. The van der Waals surface area contributed by atoms with E-state index < -0.39 is 0 Å². The zero-order chi connectivity index (χ0) is 19.4. The minimum Gasteiger partial charge on any atom is -0.349 e. The van der Waals surface area contributed by atoms with Gasteiger partial charge in [0.2, 0.25) is 5.91 Å². The van der Waals surface area contributed by atoms with Crippen LogP contribution in [0.3, 0.4) is 0 Å². The van der Waals surface area contributed by atoms with E-state index in [-0.39, 0.29) is 17.2 Å². The number of carbonyl (C=O) groups excluding carboxylic acids is 2. The Labute approximate surface area is 160 Å². The molecule has 0 bridgehead atoms. The quantitative estimate of drug-likeness (QED) is 0.768. The van der Waals surface area contributed by atoms with Gasteiger partial charge in [0, 0.05) is 23.4 Å². The molecule has 4 nitrogen and oxygen atoms in total. The van der Waals surface area contributed by atoms with Gasteiger partial charge in [-0.15, -0.1) is 0 Å². The molecule has 4 heteroatoms. The van der Waals surface area contributed by atoms with E-state index in [4.69, 9.17) is 0 Å². The maximum Gasteiger partial charge on any atom is 0.251 e. The van der Waals surface area contributed by atoms with E-state index in [9.17, 15) is 9.59 Å². The van der Waals surface area contributed by atoms with Crippen molar-refractivity contribution in [1.82, 2.24) is 5.32 Å². The molecule has 1 aliphatic rings. The first-order chi connectivity index (χ1) is 12.8. The molecule has 1 fully saturated rings. The molecule has 0 atom stereocenters. The van der Waals surface area contributed by atoms with Gasteiger partial charge in [-0.1, -0.05) is 51.1 Å². The van der Waals surface area contributed by atoms with Gasteiger partial charge >= 0.3 is 0 Å². The number of carbonyl (C=O) groups is 2. The molecule has 0 radical (unpaired) electrons. The van der Waals surface area contributed by atoms with Crippen LogP contribution in [0.2, 0.25) is 0 Å². The summed E-state index contributed by atoms with van der Waals surface area (Å²) in [6.07, 6.45) is 5.40. The van der Waals surface area contributed by atoms with Crippen molar-refractivity contribution in [1.29, 1.82) is 0 Å². The third-order valence-electron chi connectivity index (χ3n) is 4.51. The van der Waals surface area contributed by atoms with Crippen molar-refractivity contribution in [2.45, 2.75) is 45.1 Å². The molecule has 2 N–H and O–H groups in total. The molecule has 2 aromatic rings. The van der Waals surface area contributed by atoms with E-state index in [1.807, 2.05) is 36.4 Å². The molecular weight excluding hydrogens is 336 g/mol. The molecule has 0 heterocycles. The first kappa shape index (κ1) is 18.9. The van der Waals surface area contributed by atoms with Gasteiger partial charge in [0.25, 0.3) is 5.91 Å². The number of amides is 2. The molecule has 0 saturated heterocycles. The third kappa shape index (κ3) is 5.30. The van der Waals surface area contributed by atoms with E-state index in [0.29, 0.717) is 11.6 Å². The largest absolute Gasteiger partial charge is 0.349 e. The van der Waals surface area contributed by atoms with Crippen LogP contribution in [0, 0.1) is 0 Å². The Hall–Kier alpha value is -2.88. The van der Waals surface area contributed by atoms with Gasteiger partial charge in [0.1, 0.15) is 0 Å². The maximum absolute atomic E-state index is 12.3. The minimum absolute atomic E-state index is 0.0374. The lowest BCUT2D eigenvalue weighted by molar-refractivity contribution is -0.111. The number of rotatable bonds is 5. The Bertz CT molecular complexity index is 857. The van der Waals surface area contributed by atoms with E-state index in [2.05, 4.69) is 31.4 Å². The van der Waals surface area contributed by atoms with Crippen LogP contribution >= 0.6 is 0 Å². The zero-order valence-corrected chi connectivity index (χ0v) is 16.1. The molecule has 140 valence electrons. The highest BCUT2D eigenvalue weighted by molar-refractivity contribution is 6.02. The van der Waals surface area contributed by atoms with Crippen molar-refractivity contribution in [3.63, 3.8) is 0 Å². The van der Waals surface area contributed by atoms with E-state index in [1.54, 1.807) is 18.2 Å². The van der Waals surface area contributed by atoms with Crippen LogP contribution in [0.1, 0.15) is 55.1 Å². The van der Waals surface area contributed by atoms with Crippen LogP contribution in [0.5, 0.6) is 0 Å². The second kappa shape index (κ2) is 7.78. The SMILES string of the molecule is CC(C)(C)c1ccccc1NC(=O)/C=C/c1ccc(C(=O)NC2CC2)cc1. The Balaban J connectivity index is 1.62. The highest BCUT2D eigenvalue weighted by Gasteiger charge is 2.23. The average Bonchev–Trinajstić information content (AvgIpc) is 3.44. The van der Waals surface area contributed by atoms with E-state index in [1.165, 1.54) is 6.08 Å². The van der Waals surface area contributed by atoms with Crippen LogP contribution in [0.25, 0.3) is 6.08 Å². The topological polar surface area (TPSA) is 58.2 Å². The summed E-state index contributed by atoms with van der Waals surface area (Å²) in [5.41, 5.74) is 3.38. The summed E-state index contributed by atoms with van der Waals surface area (Å²) < 4.78 is 0. The molecule has 0 unspecified atom stereocenters. The van der Waals surface area contributed by atoms with Crippen molar-refractivity contribution < 1.29 is 9.59 Å². The van der Waals surface area contributed by atoms with Gasteiger partial charge in [-0.05, 0) is 53.7 Å². The summed E-state index contributed by atoms with van der Waals surface area (Å²) in [4.78, 5) is 24.3. The van der Waals surface area contributed by atoms with Gasteiger partial charge in [-0.2, -0.15) is 0 Å². The summed E-state index contributed by atoms with van der Waals surface area (Å²) in [5, 5.41) is 5.92. The Morgan fingerprint density at radius 2 is 1.67 bits per heavy atom. The summed E-state index contributed by atoms with van der Waals surface area (Å²) in [7, 11) is 0. The van der Waals surface area contributed by atoms with Crippen LogP contribution in [-0.4, -0.2) is 17.9 Å². The molecule has 0 aromatic heterocycles. The van der Waals surface area contributed by atoms with Crippen LogP contribution in [0.4, 0.5) is 5.69 Å². The summed E-state index contributed by atoms with van der Waals surface area (Å²) in [6.45, 7) is 6.36. The summed E-state index contributed by atoms with van der Waals surface area (Å²) >= 11 is 0. The smallest absolute Gasteiger partial charge is 0.251 e. The van der Waals surface area contributed by atoms with Crippen molar-refractivity contribution in [3.8, 4) is 0 Å². The lowest BCUT2D eigenvalue weighted by Crippen LogP contribution is -2.25. The second-order valence-electron chi connectivity index (χ2n) is 7.99. The van der Waals surface area contributed by atoms with Gasteiger partial charge < -0.3 is 10.6 Å². The molecule has 0 spiro atoms. The molecule has 3 rings (SSSR count). The fraction of sp³-hybridized carbons (Fsp3) is 0.304. The van der Waals surface area contributed by atoms with Crippen molar-refractivity contribution in [3.05, 3.63) is 71.3 Å². The number of benzene rings is 2. The van der Waals surface area contributed by atoms with Gasteiger partial charge in [0.15, 0.2) is 0 Å². The third-order valence-corrected chi connectivity index (χ3v) is 4.51. The standard InChI is InChI=1S/C23H26N2O2/c1-23(2,3)19-6-4-5-7-20(19)25-21(26)15-10-16-8-11-17(12-9-16)22(27)24-18-13-14-18/h4-12,15,18H,13-14H2,1-3H3,(H,24,27)(H,25,26)/b15-10+. The van der Waals surface area contributed by atoms with Crippen LogP contribution in [0.15, 0.2) is 54.6 Å². The number of anilines is 1. The number of nitrogens with one attached hydrogen (secondary N) is 2. The Morgan fingerprint density at radius 3 is 2.30 bits per heavy atom. The van der Waals surface area contributed by atoms with Gasteiger partial charge in [-0.3, -0.25) is 9.59 Å². The van der Waals surface area contributed by atoms with Crippen molar-refractivity contribution >= 4 is 23.6 Å². The molecule has 1 aliphatic carbocycles. The molecule has 0 aliphatic heterocycles. The van der Waals surface area contributed by atoms with Crippen LogP contribution in [-0.2, 0) is 10.2 Å². The average molecular weight is 362 g/mol. The number of hydrogen-bond donors (Lipinski definition) is 2. The molecule has 1 saturated carbocycles. The highest BCUT2D eigenvalue weighted by atomic mass is 16.2. The monoisotopic (exact) mass is 362 g/mol. The second-order valence-corrected chi connectivity index (χ2v) is 7.99. The first-order valence-corrected chi connectivity index (χ1v) is 9.32. The van der Waals surface area contributed by atoms with Crippen LogP contribution < -0.4 is 10.6 Å². The van der Waals surface area contributed by atoms with Gasteiger partial charge in [0.05, 0.1) is 0 Å². The van der Waals surface area contributed by atoms with E-state index in [0.717, 1.165) is 29.7 Å². The first-order valence-electron chi connectivity index (χ1n) is 9.32. The lowest BCUT2D eigenvalue weighted by atomic mass is 9.86. The zero-order valence-electron chi connectivity index (χ0n) is 16.1. The fourth-order valence-electron chi connectivity index (χ4n) is 2.83. The maximum atomic E-state index is 12.3. The lowest BCUT2D eigenvalue weighted by Gasteiger charge is -2.22. The van der Waals surface area contributed by atoms with Crippen molar-refractivity contribution in [2.75, 3.05) is 5.32 Å². The van der Waals surface area contributed by atoms with Crippen molar-refractivity contribution in [2.24, 2.45) is 0 Å². The highest BCUT2D eigenvalue weighted by Crippen LogP contribution is 2.29. The Kier molecular flexibility index (Phi) is 5.45. The number of para-hydroxylation sites is 1. The van der Waals surface area contributed by atoms with Gasteiger partial charge in [-0.25, -0.2) is 0 Å².